The van der Waals surface area contributed by atoms with Crippen LogP contribution in [-0.4, -0.2) is 53.4 Å². The first-order valence-electron chi connectivity index (χ1n) is 9.09. The molecule has 0 unspecified atom stereocenters. The third-order valence-electron chi connectivity index (χ3n) is 4.44. The van der Waals surface area contributed by atoms with Gasteiger partial charge in [0, 0.05) is 25.2 Å². The van der Waals surface area contributed by atoms with Gasteiger partial charge in [0.2, 0.25) is 0 Å². The van der Waals surface area contributed by atoms with E-state index in [1.165, 1.54) is 0 Å². The monoisotopic (exact) mass is 343 g/mol. The van der Waals surface area contributed by atoms with Crippen molar-refractivity contribution in [3.8, 4) is 0 Å². The summed E-state index contributed by atoms with van der Waals surface area (Å²) >= 11 is 0. The highest BCUT2D eigenvalue weighted by molar-refractivity contribution is 5.97. The van der Waals surface area contributed by atoms with Crippen molar-refractivity contribution in [3.05, 3.63) is 46.2 Å². The van der Waals surface area contributed by atoms with E-state index in [4.69, 9.17) is 0 Å². The van der Waals surface area contributed by atoms with E-state index in [2.05, 4.69) is 37.6 Å². The molecule has 136 valence electrons. The summed E-state index contributed by atoms with van der Waals surface area (Å²) in [5.41, 5.74) is 0.654. The number of nitrogens with zero attached hydrogens (tertiary/aromatic N) is 2. The van der Waals surface area contributed by atoms with E-state index in [0.717, 1.165) is 30.5 Å². The van der Waals surface area contributed by atoms with Gasteiger partial charge in [-0.05, 0) is 36.5 Å². The number of para-hydroxylation sites is 1. The second-order valence-electron chi connectivity index (χ2n) is 6.77. The molecular formula is C20H29N3O2. The topological polar surface area (TPSA) is 56.4 Å². The van der Waals surface area contributed by atoms with Gasteiger partial charge < -0.3 is 14.8 Å². The third-order valence-corrected chi connectivity index (χ3v) is 4.44. The van der Waals surface area contributed by atoms with Gasteiger partial charge in [-0.15, -0.1) is 0 Å². The number of rotatable bonds is 8. The average Bonchev–Trinajstić information content (AvgIpc) is 2.60. The maximum atomic E-state index is 13.0. The van der Waals surface area contributed by atoms with Gasteiger partial charge >= 0.3 is 0 Å². The molecule has 0 saturated heterocycles. The molecule has 0 fully saturated rings. The molecule has 5 nitrogen and oxygen atoms in total. The molecule has 2 rings (SSSR count). The van der Waals surface area contributed by atoms with Crippen LogP contribution in [0.2, 0.25) is 0 Å². The summed E-state index contributed by atoms with van der Waals surface area (Å²) in [5.74, 6) is 0.160. The fourth-order valence-corrected chi connectivity index (χ4v) is 3.00. The van der Waals surface area contributed by atoms with E-state index in [1.54, 1.807) is 6.07 Å². The number of benzene rings is 1. The first-order valence-corrected chi connectivity index (χ1v) is 9.09. The number of aromatic amines is 1. The highest BCUT2D eigenvalue weighted by Crippen LogP contribution is 2.12. The van der Waals surface area contributed by atoms with Crippen LogP contribution in [0, 0.1) is 5.92 Å². The maximum absolute atomic E-state index is 13.0. The Labute approximate surface area is 149 Å². The van der Waals surface area contributed by atoms with Crippen molar-refractivity contribution < 1.29 is 4.79 Å². The van der Waals surface area contributed by atoms with E-state index in [9.17, 15) is 9.59 Å². The van der Waals surface area contributed by atoms with Crippen molar-refractivity contribution >= 4 is 16.8 Å². The van der Waals surface area contributed by atoms with Gasteiger partial charge in [0.05, 0.1) is 0 Å². The lowest BCUT2D eigenvalue weighted by atomic mass is 10.1. The van der Waals surface area contributed by atoms with Crippen LogP contribution in [0.5, 0.6) is 0 Å². The number of aromatic nitrogens is 1. The van der Waals surface area contributed by atoms with Gasteiger partial charge in [-0.25, -0.2) is 0 Å². The van der Waals surface area contributed by atoms with Gasteiger partial charge in [0.25, 0.3) is 11.5 Å². The molecule has 0 atom stereocenters. The number of carbonyl (C=O) groups excluding carboxylic acids is 1. The quantitative estimate of drug-likeness (QED) is 0.802. The number of carbonyl (C=O) groups is 1. The second-order valence-corrected chi connectivity index (χ2v) is 6.77. The molecule has 0 radical (unpaired) electrons. The van der Waals surface area contributed by atoms with Crippen LogP contribution in [0.3, 0.4) is 0 Å². The summed E-state index contributed by atoms with van der Waals surface area (Å²) in [6.07, 6.45) is 0. The highest BCUT2D eigenvalue weighted by atomic mass is 16.2. The molecule has 1 amide bonds. The molecule has 0 aliphatic rings. The fourth-order valence-electron chi connectivity index (χ4n) is 3.00. The summed E-state index contributed by atoms with van der Waals surface area (Å²) in [5, 5.41) is 0.874. The molecule has 5 heteroatoms. The van der Waals surface area contributed by atoms with Gasteiger partial charge in [-0.2, -0.15) is 0 Å². The summed E-state index contributed by atoms with van der Waals surface area (Å²) in [7, 11) is 0. The van der Waals surface area contributed by atoms with E-state index in [-0.39, 0.29) is 17.0 Å². The molecule has 1 heterocycles. The van der Waals surface area contributed by atoms with E-state index >= 15 is 0 Å². The van der Waals surface area contributed by atoms with Crippen LogP contribution in [0.1, 0.15) is 38.1 Å². The van der Waals surface area contributed by atoms with Crippen molar-refractivity contribution in [2.45, 2.75) is 27.7 Å². The zero-order chi connectivity index (χ0) is 18.4. The van der Waals surface area contributed by atoms with Crippen molar-refractivity contribution in [1.29, 1.82) is 0 Å². The van der Waals surface area contributed by atoms with Crippen LogP contribution in [0.15, 0.2) is 35.1 Å². The first kappa shape index (κ1) is 19.2. The largest absolute Gasteiger partial charge is 0.337 e. The third kappa shape index (κ3) is 4.92. The molecule has 0 aliphatic heterocycles. The standard InChI is InChI=1S/C20H29N3O2/c1-5-22(6-2)11-12-23(14-15(3)4)20(25)17-13-16-9-7-8-10-18(16)21-19(17)24/h7-10,13,15H,5-6,11-12,14H2,1-4H3,(H,21,24). The minimum Gasteiger partial charge on any atom is -0.337 e. The SMILES string of the molecule is CCN(CC)CCN(CC(C)C)C(=O)c1cc2ccccc2[nH]c1=O. The molecule has 1 aromatic heterocycles. The summed E-state index contributed by atoms with van der Waals surface area (Å²) < 4.78 is 0. The highest BCUT2D eigenvalue weighted by Gasteiger charge is 2.20. The molecule has 1 N–H and O–H groups in total. The van der Waals surface area contributed by atoms with Gasteiger partial charge in [0.15, 0.2) is 0 Å². The molecule has 0 aliphatic carbocycles. The Balaban J connectivity index is 2.28. The molecule has 0 saturated carbocycles. The Kier molecular flexibility index (Phi) is 6.76. The smallest absolute Gasteiger partial charge is 0.261 e. The fraction of sp³-hybridized carbons (Fsp3) is 0.500. The summed E-state index contributed by atoms with van der Waals surface area (Å²) in [4.78, 5) is 32.3. The van der Waals surface area contributed by atoms with Crippen LogP contribution < -0.4 is 5.56 Å². The number of nitrogens with one attached hydrogen (secondary N) is 1. The number of hydrogen-bond acceptors (Lipinski definition) is 3. The molecule has 1 aromatic carbocycles. The van der Waals surface area contributed by atoms with Crippen molar-refractivity contribution in [3.63, 3.8) is 0 Å². The zero-order valence-electron chi connectivity index (χ0n) is 15.7. The van der Waals surface area contributed by atoms with Gasteiger partial charge in [-0.3, -0.25) is 9.59 Å². The number of likely N-dealkylation sites (N-methyl/N-ethyl adjacent to an activating group) is 1. The van der Waals surface area contributed by atoms with Crippen molar-refractivity contribution in [1.82, 2.24) is 14.8 Å². The predicted molar refractivity (Wildman–Crippen MR) is 103 cm³/mol. The van der Waals surface area contributed by atoms with Crippen LogP contribution in [0.4, 0.5) is 0 Å². The lowest BCUT2D eigenvalue weighted by Crippen LogP contribution is -2.42. The minimum absolute atomic E-state index is 0.187. The Morgan fingerprint density at radius 2 is 1.80 bits per heavy atom. The Bertz CT molecular complexity index is 763. The van der Waals surface area contributed by atoms with Crippen LogP contribution in [0.25, 0.3) is 10.9 Å². The van der Waals surface area contributed by atoms with Crippen LogP contribution in [-0.2, 0) is 0 Å². The Hall–Kier alpha value is -2.14. The van der Waals surface area contributed by atoms with Crippen LogP contribution >= 0.6 is 0 Å². The van der Waals surface area contributed by atoms with Gasteiger partial charge in [0.1, 0.15) is 5.56 Å². The van der Waals surface area contributed by atoms with Crippen molar-refractivity contribution in [2.75, 3.05) is 32.7 Å². The van der Waals surface area contributed by atoms with E-state index in [0.29, 0.717) is 19.0 Å². The maximum Gasteiger partial charge on any atom is 0.261 e. The number of fused-ring (bicyclic) bond motifs is 1. The van der Waals surface area contributed by atoms with E-state index < -0.39 is 0 Å². The van der Waals surface area contributed by atoms with Crippen molar-refractivity contribution in [2.24, 2.45) is 5.92 Å². The predicted octanol–water partition coefficient (Wildman–Crippen LogP) is 2.97. The number of hydrogen-bond donors (Lipinski definition) is 1. The average molecular weight is 343 g/mol. The normalized spacial score (nSPS) is 11.4. The molecule has 25 heavy (non-hydrogen) atoms. The molecule has 0 spiro atoms. The first-order chi connectivity index (χ1) is 12.0. The zero-order valence-corrected chi connectivity index (χ0v) is 15.7. The molecule has 2 aromatic rings. The van der Waals surface area contributed by atoms with Gasteiger partial charge in [-0.1, -0.05) is 45.9 Å². The Morgan fingerprint density at radius 1 is 1.12 bits per heavy atom. The number of H-pyrrole nitrogens is 1. The number of pyridine rings is 1. The lowest BCUT2D eigenvalue weighted by Gasteiger charge is -2.27. The summed E-state index contributed by atoms with van der Waals surface area (Å²) in [6, 6.07) is 9.24. The molecular weight excluding hydrogens is 314 g/mol. The number of amides is 1. The minimum atomic E-state index is -0.319. The Morgan fingerprint density at radius 3 is 2.44 bits per heavy atom. The lowest BCUT2D eigenvalue weighted by molar-refractivity contribution is 0.0715. The second kappa shape index (κ2) is 8.81. The van der Waals surface area contributed by atoms with E-state index in [1.807, 2.05) is 29.2 Å². The summed E-state index contributed by atoms with van der Waals surface area (Å²) in [6.45, 7) is 12.4. The molecule has 0 bridgehead atoms.